The molecule has 0 fully saturated rings. The Morgan fingerprint density at radius 1 is 0.710 bits per heavy atom. The monoisotopic (exact) mass is 438 g/mol. The molecule has 0 aliphatic heterocycles. The van der Waals surface area contributed by atoms with E-state index >= 15 is 0 Å². The molecule has 0 rings (SSSR count). The lowest BCUT2D eigenvalue weighted by molar-refractivity contribution is -0.153. The molecule has 0 aromatic carbocycles. The second kappa shape index (κ2) is 23.3. The molecule has 4 nitrogen and oxygen atoms in total. The van der Waals surface area contributed by atoms with Crippen molar-refractivity contribution in [2.45, 2.75) is 148 Å². The Bertz CT molecular complexity index is 445. The summed E-state index contributed by atoms with van der Waals surface area (Å²) in [5.74, 6) is -1.13. The maximum atomic E-state index is 12.1. The van der Waals surface area contributed by atoms with Gasteiger partial charge in [-0.2, -0.15) is 0 Å². The fourth-order valence-electron chi connectivity index (χ4n) is 3.78. The van der Waals surface area contributed by atoms with Gasteiger partial charge in [-0.3, -0.25) is 9.59 Å². The van der Waals surface area contributed by atoms with E-state index in [1.807, 2.05) is 0 Å². The second-order valence-electron chi connectivity index (χ2n) is 8.89. The number of carboxylic acids is 1. The van der Waals surface area contributed by atoms with Crippen molar-refractivity contribution in [1.82, 2.24) is 0 Å². The molecular weight excluding hydrogens is 388 g/mol. The van der Waals surface area contributed by atoms with Crippen molar-refractivity contribution in [2.75, 3.05) is 0 Å². The molecule has 182 valence electrons. The molecule has 0 heterocycles. The van der Waals surface area contributed by atoms with Gasteiger partial charge in [-0.05, 0) is 44.9 Å². The molecule has 0 aromatic heterocycles. The lowest BCUT2D eigenvalue weighted by atomic mass is 10.1. The number of hydrogen-bond donors (Lipinski definition) is 1. The van der Waals surface area contributed by atoms with E-state index in [9.17, 15) is 9.59 Å². The fourth-order valence-corrected chi connectivity index (χ4v) is 3.78. The van der Waals surface area contributed by atoms with Crippen molar-refractivity contribution in [1.29, 1.82) is 0 Å². The van der Waals surface area contributed by atoms with Crippen molar-refractivity contribution < 1.29 is 19.4 Å². The van der Waals surface area contributed by atoms with Gasteiger partial charge >= 0.3 is 11.9 Å². The zero-order valence-electron chi connectivity index (χ0n) is 20.5. The first-order valence-electron chi connectivity index (χ1n) is 13.2. The van der Waals surface area contributed by atoms with Crippen LogP contribution in [0, 0.1) is 0 Å². The third kappa shape index (κ3) is 23.2. The Balaban J connectivity index is 3.67. The van der Waals surface area contributed by atoms with Crippen LogP contribution < -0.4 is 0 Å². The van der Waals surface area contributed by atoms with Crippen LogP contribution in [0.3, 0.4) is 0 Å². The van der Waals surface area contributed by atoms with Crippen LogP contribution in [0.15, 0.2) is 12.2 Å². The van der Waals surface area contributed by atoms with E-state index in [2.05, 4.69) is 26.0 Å². The number of rotatable bonds is 23. The minimum atomic E-state index is -0.892. The van der Waals surface area contributed by atoms with Gasteiger partial charge < -0.3 is 9.84 Å². The minimum Gasteiger partial charge on any atom is -0.481 e. The molecule has 0 spiro atoms. The first-order chi connectivity index (χ1) is 15.1. The number of ether oxygens (including phenoxy) is 1. The van der Waals surface area contributed by atoms with Gasteiger partial charge in [0.2, 0.25) is 0 Å². The molecular formula is C27H50O4. The number of carbonyl (C=O) groups excluding carboxylic acids is 1. The summed E-state index contributed by atoms with van der Waals surface area (Å²) >= 11 is 0. The molecule has 1 unspecified atom stereocenters. The fraction of sp³-hybridized carbons (Fsp3) is 0.852. The van der Waals surface area contributed by atoms with Crippen LogP contribution in [0.1, 0.15) is 142 Å². The molecule has 0 saturated heterocycles. The SMILES string of the molecule is CCCCCCC/C=C\CCCCCCCC(=O)OC(CCCCCCC)CC(=O)O. The quantitative estimate of drug-likeness (QED) is 0.0988. The van der Waals surface area contributed by atoms with Crippen molar-refractivity contribution in [3.63, 3.8) is 0 Å². The number of esters is 1. The molecule has 0 aromatic rings. The van der Waals surface area contributed by atoms with Gasteiger partial charge in [-0.25, -0.2) is 0 Å². The molecule has 0 radical (unpaired) electrons. The summed E-state index contributed by atoms with van der Waals surface area (Å²) in [6, 6.07) is 0. The average Bonchev–Trinajstić information content (AvgIpc) is 2.73. The molecule has 0 aliphatic rings. The predicted molar refractivity (Wildman–Crippen MR) is 130 cm³/mol. The molecule has 0 amide bonds. The van der Waals surface area contributed by atoms with Crippen LogP contribution in [0.4, 0.5) is 0 Å². The van der Waals surface area contributed by atoms with Gasteiger partial charge in [-0.15, -0.1) is 0 Å². The zero-order valence-corrected chi connectivity index (χ0v) is 20.5. The topological polar surface area (TPSA) is 63.6 Å². The third-order valence-electron chi connectivity index (χ3n) is 5.72. The first-order valence-corrected chi connectivity index (χ1v) is 13.2. The first kappa shape index (κ1) is 29.7. The van der Waals surface area contributed by atoms with Gasteiger partial charge in [0.1, 0.15) is 6.10 Å². The molecule has 0 aliphatic carbocycles. The number of unbranched alkanes of at least 4 members (excludes halogenated alkanes) is 14. The maximum Gasteiger partial charge on any atom is 0.307 e. The Hall–Kier alpha value is -1.32. The van der Waals surface area contributed by atoms with Gasteiger partial charge in [-0.1, -0.05) is 96.6 Å². The Labute approximate surface area is 192 Å². The van der Waals surface area contributed by atoms with Crippen molar-refractivity contribution >= 4 is 11.9 Å². The highest BCUT2D eigenvalue weighted by Crippen LogP contribution is 2.15. The molecule has 4 heteroatoms. The number of allylic oxidation sites excluding steroid dienone is 2. The summed E-state index contributed by atoms with van der Waals surface area (Å²) in [5.41, 5.74) is 0. The number of carboxylic acid groups (broad SMARTS) is 1. The lowest BCUT2D eigenvalue weighted by Gasteiger charge is -2.16. The van der Waals surface area contributed by atoms with Crippen molar-refractivity contribution in [2.24, 2.45) is 0 Å². The highest BCUT2D eigenvalue weighted by Gasteiger charge is 2.17. The maximum absolute atomic E-state index is 12.1. The lowest BCUT2D eigenvalue weighted by Crippen LogP contribution is -2.21. The molecule has 1 N–H and O–H groups in total. The summed E-state index contributed by atoms with van der Waals surface area (Å²) in [6.07, 6.45) is 25.3. The minimum absolute atomic E-state index is 0.0776. The van der Waals surface area contributed by atoms with Crippen molar-refractivity contribution in [3.05, 3.63) is 12.2 Å². The van der Waals surface area contributed by atoms with Crippen LogP contribution in [0.25, 0.3) is 0 Å². The summed E-state index contributed by atoms with van der Waals surface area (Å²) in [4.78, 5) is 23.1. The van der Waals surface area contributed by atoms with Gasteiger partial charge in [0.25, 0.3) is 0 Å². The highest BCUT2D eigenvalue weighted by atomic mass is 16.5. The van der Waals surface area contributed by atoms with Gasteiger partial charge in [0.15, 0.2) is 0 Å². The normalized spacial score (nSPS) is 12.3. The van der Waals surface area contributed by atoms with Crippen LogP contribution >= 0.6 is 0 Å². The predicted octanol–water partition coefficient (Wildman–Crippen LogP) is 8.38. The van der Waals surface area contributed by atoms with E-state index in [4.69, 9.17) is 9.84 Å². The summed E-state index contributed by atoms with van der Waals surface area (Å²) in [6.45, 7) is 4.42. The Morgan fingerprint density at radius 3 is 1.74 bits per heavy atom. The van der Waals surface area contributed by atoms with E-state index in [0.29, 0.717) is 12.8 Å². The highest BCUT2D eigenvalue weighted by molar-refractivity contribution is 5.71. The standard InChI is InChI=1S/C27H50O4/c1-3-5-7-9-10-11-12-13-14-15-16-17-19-21-23-27(30)31-25(24-26(28)29)22-20-18-8-6-4-2/h12-13,25H,3-11,14-24H2,1-2H3,(H,28,29)/b13-12-. The molecule has 0 saturated carbocycles. The summed E-state index contributed by atoms with van der Waals surface area (Å²) in [7, 11) is 0. The molecule has 31 heavy (non-hydrogen) atoms. The van der Waals surface area contributed by atoms with E-state index in [-0.39, 0.29) is 12.4 Å². The van der Waals surface area contributed by atoms with Gasteiger partial charge in [0.05, 0.1) is 6.42 Å². The van der Waals surface area contributed by atoms with E-state index < -0.39 is 12.1 Å². The third-order valence-corrected chi connectivity index (χ3v) is 5.72. The van der Waals surface area contributed by atoms with E-state index in [1.54, 1.807) is 0 Å². The van der Waals surface area contributed by atoms with Crippen LogP contribution in [-0.2, 0) is 14.3 Å². The Kier molecular flexibility index (Phi) is 22.4. The number of hydrogen-bond acceptors (Lipinski definition) is 3. The largest absolute Gasteiger partial charge is 0.481 e. The van der Waals surface area contributed by atoms with E-state index in [1.165, 1.54) is 70.6 Å². The van der Waals surface area contributed by atoms with Crippen LogP contribution in [-0.4, -0.2) is 23.1 Å². The van der Waals surface area contributed by atoms with Crippen LogP contribution in [0.2, 0.25) is 0 Å². The van der Waals surface area contributed by atoms with E-state index in [0.717, 1.165) is 38.5 Å². The van der Waals surface area contributed by atoms with Crippen LogP contribution in [0.5, 0.6) is 0 Å². The summed E-state index contributed by atoms with van der Waals surface area (Å²) in [5, 5.41) is 9.05. The molecule has 1 atom stereocenters. The Morgan fingerprint density at radius 2 is 1.19 bits per heavy atom. The zero-order chi connectivity index (χ0) is 23.0. The second-order valence-corrected chi connectivity index (χ2v) is 8.89. The average molecular weight is 439 g/mol. The summed E-state index contributed by atoms with van der Waals surface area (Å²) < 4.78 is 5.45. The smallest absolute Gasteiger partial charge is 0.307 e. The van der Waals surface area contributed by atoms with Crippen molar-refractivity contribution in [3.8, 4) is 0 Å². The number of carbonyl (C=O) groups is 2. The molecule has 0 bridgehead atoms. The van der Waals surface area contributed by atoms with Gasteiger partial charge in [0, 0.05) is 6.42 Å². The number of aliphatic carboxylic acids is 1.